The van der Waals surface area contributed by atoms with Crippen molar-refractivity contribution in [2.24, 2.45) is 0 Å². The van der Waals surface area contributed by atoms with Crippen molar-refractivity contribution in [3.8, 4) is 0 Å². The van der Waals surface area contributed by atoms with Crippen LogP contribution in [0.2, 0.25) is 0 Å². The van der Waals surface area contributed by atoms with Gasteiger partial charge in [-0.15, -0.1) is 0 Å². The number of H-pyrrole nitrogens is 1. The van der Waals surface area contributed by atoms with Crippen LogP contribution >= 0.6 is 12.2 Å². The molecule has 10 heteroatoms. The molecule has 1 heterocycles. The first-order chi connectivity index (χ1) is 15.3. The molecule has 0 fully saturated rings. The zero-order chi connectivity index (χ0) is 23.3. The predicted molar refractivity (Wildman–Crippen MR) is 126 cm³/mol. The number of nitrogens with one attached hydrogen (secondary N) is 2. The van der Waals surface area contributed by atoms with Crippen LogP contribution in [0.1, 0.15) is 25.8 Å². The van der Waals surface area contributed by atoms with Gasteiger partial charge in [0, 0.05) is 32.6 Å². The molecule has 32 heavy (non-hydrogen) atoms. The highest BCUT2D eigenvalue weighted by molar-refractivity contribution is 7.89. The second-order valence-corrected chi connectivity index (χ2v) is 9.52. The number of aromatic nitrogens is 2. The molecule has 0 aliphatic rings. The first kappa shape index (κ1) is 23.8. The van der Waals surface area contributed by atoms with Gasteiger partial charge in [-0.25, -0.2) is 8.42 Å². The molecule has 0 aliphatic carbocycles. The van der Waals surface area contributed by atoms with E-state index in [9.17, 15) is 18.0 Å². The lowest BCUT2D eigenvalue weighted by molar-refractivity contribution is -0.121. The van der Waals surface area contributed by atoms with Crippen molar-refractivity contribution in [2.45, 2.75) is 38.3 Å². The lowest BCUT2D eigenvalue weighted by atomic mass is 10.2. The maximum absolute atomic E-state index is 12.6. The standard InChI is InChI=1S/C22H26N4O4S2/c1-3-25(4-2)32(29,30)17-11-9-16(10-12-17)15-23-20(27)13-14-26-21(28)18-7-5-6-8-19(18)24-22(26)31/h5-12H,3-4,13-15H2,1-2H3,(H,23,27)(H,24,31). The molecule has 2 N–H and O–H groups in total. The highest BCUT2D eigenvalue weighted by atomic mass is 32.2. The molecule has 0 saturated heterocycles. The zero-order valence-electron chi connectivity index (χ0n) is 18.0. The number of nitrogens with zero attached hydrogens (tertiary/aromatic N) is 2. The SMILES string of the molecule is CCN(CC)S(=O)(=O)c1ccc(CNC(=O)CCn2c(=S)[nH]c3ccccc3c2=O)cc1. The summed E-state index contributed by atoms with van der Waals surface area (Å²) in [7, 11) is -3.51. The molecule has 1 amide bonds. The van der Waals surface area contributed by atoms with Crippen molar-refractivity contribution in [1.29, 1.82) is 0 Å². The predicted octanol–water partition coefficient (Wildman–Crippen LogP) is 2.80. The van der Waals surface area contributed by atoms with E-state index in [1.165, 1.54) is 8.87 Å². The highest BCUT2D eigenvalue weighted by Crippen LogP contribution is 2.16. The minimum Gasteiger partial charge on any atom is -0.352 e. The summed E-state index contributed by atoms with van der Waals surface area (Å²) in [5.74, 6) is -0.237. The van der Waals surface area contributed by atoms with Crippen LogP contribution in [0.5, 0.6) is 0 Å². The maximum atomic E-state index is 12.6. The molecule has 0 unspecified atom stereocenters. The van der Waals surface area contributed by atoms with Gasteiger partial charge in [0.2, 0.25) is 15.9 Å². The number of fused-ring (bicyclic) bond motifs is 1. The van der Waals surface area contributed by atoms with Crippen LogP contribution < -0.4 is 10.9 Å². The number of para-hydroxylation sites is 1. The van der Waals surface area contributed by atoms with Crippen molar-refractivity contribution in [2.75, 3.05) is 13.1 Å². The number of carbonyl (C=O) groups excluding carboxylic acids is 1. The third-order valence-corrected chi connectivity index (χ3v) is 7.59. The first-order valence-electron chi connectivity index (χ1n) is 10.4. The molecule has 3 aromatic rings. The van der Waals surface area contributed by atoms with E-state index in [-0.39, 0.29) is 40.6 Å². The third-order valence-electron chi connectivity index (χ3n) is 5.21. The van der Waals surface area contributed by atoms with Crippen molar-refractivity contribution >= 4 is 39.1 Å². The Kier molecular flexibility index (Phi) is 7.60. The van der Waals surface area contributed by atoms with Crippen molar-refractivity contribution < 1.29 is 13.2 Å². The smallest absolute Gasteiger partial charge is 0.262 e. The summed E-state index contributed by atoms with van der Waals surface area (Å²) in [5, 5.41) is 3.31. The van der Waals surface area contributed by atoms with Gasteiger partial charge in [0.15, 0.2) is 4.77 Å². The van der Waals surface area contributed by atoms with Gasteiger partial charge in [0.05, 0.1) is 15.8 Å². The van der Waals surface area contributed by atoms with Gasteiger partial charge < -0.3 is 10.3 Å². The number of rotatable bonds is 9. The average molecular weight is 475 g/mol. The molecule has 0 saturated carbocycles. The lowest BCUT2D eigenvalue weighted by Crippen LogP contribution is -2.30. The highest BCUT2D eigenvalue weighted by Gasteiger charge is 2.21. The van der Waals surface area contributed by atoms with E-state index in [1.807, 2.05) is 6.07 Å². The fourth-order valence-corrected chi connectivity index (χ4v) is 5.14. The van der Waals surface area contributed by atoms with Crippen molar-refractivity contribution in [1.82, 2.24) is 19.2 Å². The summed E-state index contributed by atoms with van der Waals surface area (Å²) in [5.41, 5.74) is 1.20. The number of aromatic amines is 1. The van der Waals surface area contributed by atoms with Crippen LogP contribution in [0.25, 0.3) is 10.9 Å². The van der Waals surface area contributed by atoms with E-state index in [4.69, 9.17) is 12.2 Å². The summed E-state index contributed by atoms with van der Waals surface area (Å²) in [4.78, 5) is 28.2. The molecule has 2 aromatic carbocycles. The normalized spacial score (nSPS) is 11.7. The molecule has 170 valence electrons. The molecule has 0 spiro atoms. The molecule has 0 aliphatic heterocycles. The van der Waals surface area contributed by atoms with Crippen LogP contribution in [0.15, 0.2) is 58.2 Å². The number of benzene rings is 2. The van der Waals surface area contributed by atoms with Gasteiger partial charge in [0.25, 0.3) is 5.56 Å². The van der Waals surface area contributed by atoms with Gasteiger partial charge in [-0.1, -0.05) is 38.1 Å². The number of amides is 1. The van der Waals surface area contributed by atoms with Gasteiger partial charge in [0.1, 0.15) is 0 Å². The molecular weight excluding hydrogens is 448 g/mol. The molecule has 0 bridgehead atoms. The third kappa shape index (κ3) is 5.14. The quantitative estimate of drug-likeness (QED) is 0.464. The Morgan fingerprint density at radius 1 is 1.09 bits per heavy atom. The van der Waals surface area contributed by atoms with Gasteiger partial charge in [-0.2, -0.15) is 4.31 Å². The van der Waals surface area contributed by atoms with Crippen LogP contribution in [0, 0.1) is 4.77 Å². The van der Waals surface area contributed by atoms with E-state index in [2.05, 4.69) is 10.3 Å². The first-order valence-corrected chi connectivity index (χ1v) is 12.2. The number of sulfonamides is 1. The summed E-state index contributed by atoms with van der Waals surface area (Å²) < 4.78 is 28.1. The topological polar surface area (TPSA) is 104 Å². The molecule has 3 rings (SSSR count). The molecule has 0 radical (unpaired) electrons. The summed E-state index contributed by atoms with van der Waals surface area (Å²) in [6.07, 6.45) is 0.0875. The largest absolute Gasteiger partial charge is 0.352 e. The van der Waals surface area contributed by atoms with E-state index < -0.39 is 10.0 Å². The Morgan fingerprint density at radius 3 is 2.41 bits per heavy atom. The Bertz CT molecular complexity index is 1320. The van der Waals surface area contributed by atoms with E-state index in [1.54, 1.807) is 56.3 Å². The zero-order valence-corrected chi connectivity index (χ0v) is 19.6. The van der Waals surface area contributed by atoms with Gasteiger partial charge >= 0.3 is 0 Å². The van der Waals surface area contributed by atoms with Crippen LogP contribution in [-0.4, -0.2) is 41.3 Å². The fourth-order valence-electron chi connectivity index (χ4n) is 3.40. The van der Waals surface area contributed by atoms with Crippen LogP contribution in [0.3, 0.4) is 0 Å². The summed E-state index contributed by atoms with van der Waals surface area (Å²) in [6, 6.07) is 13.5. The fraction of sp³-hybridized carbons (Fsp3) is 0.318. The van der Waals surface area contributed by atoms with E-state index in [0.717, 1.165) is 5.56 Å². The molecule has 0 atom stereocenters. The molecule has 8 nitrogen and oxygen atoms in total. The number of hydrogen-bond acceptors (Lipinski definition) is 5. The summed E-state index contributed by atoms with van der Waals surface area (Å²) in [6.45, 7) is 4.81. The lowest BCUT2D eigenvalue weighted by Gasteiger charge is -2.18. The van der Waals surface area contributed by atoms with E-state index in [0.29, 0.717) is 24.0 Å². The Labute approximate surface area is 191 Å². The van der Waals surface area contributed by atoms with Gasteiger partial charge in [-0.05, 0) is 42.0 Å². The Hall–Kier alpha value is -2.82. The Balaban J connectivity index is 1.61. The monoisotopic (exact) mass is 474 g/mol. The van der Waals surface area contributed by atoms with Crippen LogP contribution in [-0.2, 0) is 27.9 Å². The van der Waals surface area contributed by atoms with Gasteiger partial charge in [-0.3, -0.25) is 14.2 Å². The minimum absolute atomic E-state index is 0.0875. The maximum Gasteiger partial charge on any atom is 0.262 e. The van der Waals surface area contributed by atoms with Crippen molar-refractivity contribution in [3.05, 3.63) is 69.2 Å². The molecule has 1 aromatic heterocycles. The van der Waals surface area contributed by atoms with E-state index >= 15 is 0 Å². The second-order valence-electron chi connectivity index (χ2n) is 7.19. The van der Waals surface area contributed by atoms with Crippen molar-refractivity contribution in [3.63, 3.8) is 0 Å². The summed E-state index contributed by atoms with van der Waals surface area (Å²) >= 11 is 5.26. The Morgan fingerprint density at radius 2 is 1.75 bits per heavy atom. The molecular formula is C22H26N4O4S2. The number of hydrogen-bond donors (Lipinski definition) is 2. The van der Waals surface area contributed by atoms with Crippen LogP contribution in [0.4, 0.5) is 0 Å². The second kappa shape index (κ2) is 10.2. The average Bonchev–Trinajstić information content (AvgIpc) is 2.78. The minimum atomic E-state index is -3.51. The number of carbonyl (C=O) groups is 1.